The van der Waals surface area contributed by atoms with Crippen LogP contribution >= 0.6 is 0 Å². The van der Waals surface area contributed by atoms with Crippen LogP contribution in [0.25, 0.3) is 22.3 Å². The van der Waals surface area contributed by atoms with Crippen molar-refractivity contribution in [3.05, 3.63) is 302 Å². The van der Waals surface area contributed by atoms with Crippen LogP contribution in [0.2, 0.25) is 0 Å². The summed E-state index contributed by atoms with van der Waals surface area (Å²) in [6.45, 7) is 4.25. The van der Waals surface area contributed by atoms with Crippen LogP contribution in [0.15, 0.2) is 291 Å². The van der Waals surface area contributed by atoms with E-state index in [-0.39, 0.29) is 0 Å². The molecule has 346 valence electrons. The molecular formula is C68H54N4. The molecule has 0 bridgehead atoms. The third-order valence-electron chi connectivity index (χ3n) is 13.2. The number of benzene rings is 11. The Bertz CT molecular complexity index is 3230. The fourth-order valence-corrected chi connectivity index (χ4v) is 9.55. The van der Waals surface area contributed by atoms with Crippen molar-refractivity contribution >= 4 is 68.2 Å². The highest BCUT2D eigenvalue weighted by Crippen LogP contribution is 2.43. The van der Waals surface area contributed by atoms with E-state index < -0.39 is 0 Å². The van der Waals surface area contributed by atoms with Gasteiger partial charge in [-0.15, -0.1) is 0 Å². The Balaban J connectivity index is 0.884. The normalized spacial score (nSPS) is 10.9. The summed E-state index contributed by atoms with van der Waals surface area (Å²) in [5.74, 6) is 0. The maximum absolute atomic E-state index is 2.33. The topological polar surface area (TPSA) is 13.0 Å². The van der Waals surface area contributed by atoms with Gasteiger partial charge in [-0.25, -0.2) is 0 Å². The van der Waals surface area contributed by atoms with Crippen LogP contribution in [-0.2, 0) is 0 Å². The van der Waals surface area contributed by atoms with E-state index in [1.807, 2.05) is 0 Å². The molecule has 0 unspecified atom stereocenters. The molecule has 0 aromatic heterocycles. The number of aryl methyl sites for hydroxylation is 2. The Kier molecular flexibility index (Phi) is 13.0. The highest BCUT2D eigenvalue weighted by molar-refractivity contribution is 5.88. The number of para-hydroxylation sites is 4. The highest BCUT2D eigenvalue weighted by atomic mass is 15.2. The average Bonchev–Trinajstić information content (AvgIpc) is 3.45. The van der Waals surface area contributed by atoms with Gasteiger partial charge in [0.15, 0.2) is 0 Å². The molecule has 0 spiro atoms. The zero-order valence-electron chi connectivity index (χ0n) is 40.5. The summed E-state index contributed by atoms with van der Waals surface area (Å²) in [5, 5.41) is 0. The molecule has 0 radical (unpaired) electrons. The smallest absolute Gasteiger partial charge is 0.0463 e. The van der Waals surface area contributed by atoms with Gasteiger partial charge in [0.2, 0.25) is 0 Å². The molecule has 0 fully saturated rings. The molecule has 0 aliphatic carbocycles. The Morgan fingerprint density at radius 3 is 0.556 bits per heavy atom. The Morgan fingerprint density at radius 2 is 0.333 bits per heavy atom. The van der Waals surface area contributed by atoms with Crippen molar-refractivity contribution in [2.24, 2.45) is 0 Å². The highest BCUT2D eigenvalue weighted by Gasteiger charge is 2.19. The van der Waals surface area contributed by atoms with Gasteiger partial charge in [-0.05, 0) is 182 Å². The summed E-state index contributed by atoms with van der Waals surface area (Å²) >= 11 is 0. The minimum Gasteiger partial charge on any atom is -0.311 e. The van der Waals surface area contributed by atoms with Gasteiger partial charge in [-0.1, -0.05) is 157 Å². The van der Waals surface area contributed by atoms with Crippen LogP contribution in [0.3, 0.4) is 0 Å². The van der Waals surface area contributed by atoms with E-state index in [0.29, 0.717) is 0 Å². The van der Waals surface area contributed by atoms with E-state index in [1.54, 1.807) is 0 Å². The lowest BCUT2D eigenvalue weighted by molar-refractivity contribution is 1.25. The third kappa shape index (κ3) is 9.63. The number of hydrogen-bond acceptors (Lipinski definition) is 4. The third-order valence-corrected chi connectivity index (χ3v) is 13.2. The fourth-order valence-electron chi connectivity index (χ4n) is 9.55. The van der Waals surface area contributed by atoms with Crippen molar-refractivity contribution < 1.29 is 0 Å². The van der Waals surface area contributed by atoms with Gasteiger partial charge < -0.3 is 19.6 Å². The zero-order valence-corrected chi connectivity index (χ0v) is 40.5. The first-order valence-electron chi connectivity index (χ1n) is 24.6. The second-order valence-corrected chi connectivity index (χ2v) is 18.0. The van der Waals surface area contributed by atoms with Gasteiger partial charge in [0.25, 0.3) is 0 Å². The zero-order chi connectivity index (χ0) is 48.6. The molecule has 0 saturated heterocycles. The summed E-state index contributed by atoms with van der Waals surface area (Å²) in [5.41, 5.74) is 20.3. The Labute approximate surface area is 424 Å². The molecule has 0 N–H and O–H groups in total. The average molecular weight is 927 g/mol. The van der Waals surface area contributed by atoms with Crippen molar-refractivity contribution in [3.63, 3.8) is 0 Å². The predicted molar refractivity (Wildman–Crippen MR) is 306 cm³/mol. The van der Waals surface area contributed by atoms with Gasteiger partial charge in [-0.3, -0.25) is 0 Å². The molecule has 11 aromatic rings. The van der Waals surface area contributed by atoms with Crippen LogP contribution in [0.1, 0.15) is 11.1 Å². The lowest BCUT2D eigenvalue weighted by Crippen LogP contribution is -2.12. The van der Waals surface area contributed by atoms with Gasteiger partial charge >= 0.3 is 0 Å². The van der Waals surface area contributed by atoms with Crippen LogP contribution < -0.4 is 19.6 Å². The molecule has 0 amide bonds. The molecule has 0 heterocycles. The Morgan fingerprint density at radius 1 is 0.167 bits per heavy atom. The van der Waals surface area contributed by atoms with Crippen molar-refractivity contribution in [3.8, 4) is 22.3 Å². The first-order chi connectivity index (χ1) is 35.5. The summed E-state index contributed by atoms with van der Waals surface area (Å²) in [4.78, 5) is 9.26. The lowest BCUT2D eigenvalue weighted by atomic mass is 9.94. The molecule has 0 atom stereocenters. The van der Waals surface area contributed by atoms with E-state index >= 15 is 0 Å². The monoisotopic (exact) mass is 926 g/mol. The lowest BCUT2D eigenvalue weighted by Gasteiger charge is -2.28. The van der Waals surface area contributed by atoms with Crippen molar-refractivity contribution in [1.82, 2.24) is 0 Å². The molecule has 0 aliphatic heterocycles. The van der Waals surface area contributed by atoms with Crippen LogP contribution in [-0.4, -0.2) is 0 Å². The summed E-state index contributed by atoms with van der Waals surface area (Å²) < 4.78 is 0. The minimum absolute atomic E-state index is 1.08. The summed E-state index contributed by atoms with van der Waals surface area (Å²) in [6, 6.07) is 104. The predicted octanol–water partition coefficient (Wildman–Crippen LogP) is 19.5. The van der Waals surface area contributed by atoms with E-state index in [0.717, 1.165) is 79.4 Å². The van der Waals surface area contributed by atoms with Gasteiger partial charge in [-0.2, -0.15) is 0 Å². The summed E-state index contributed by atoms with van der Waals surface area (Å²) in [7, 11) is 0. The van der Waals surface area contributed by atoms with Crippen LogP contribution in [0.5, 0.6) is 0 Å². The Hall–Kier alpha value is -9.38. The second-order valence-electron chi connectivity index (χ2n) is 18.0. The van der Waals surface area contributed by atoms with Crippen molar-refractivity contribution in [1.29, 1.82) is 0 Å². The maximum Gasteiger partial charge on any atom is 0.0463 e. The van der Waals surface area contributed by atoms with E-state index in [9.17, 15) is 0 Å². The van der Waals surface area contributed by atoms with Gasteiger partial charge in [0.05, 0.1) is 0 Å². The molecule has 4 heteroatoms. The number of nitrogens with zero attached hydrogens (tertiary/aromatic N) is 4. The molecule has 11 rings (SSSR count). The summed E-state index contributed by atoms with van der Waals surface area (Å²) in [6.07, 6.45) is 0. The number of rotatable bonds is 14. The quantitative estimate of drug-likeness (QED) is 0.108. The molecule has 11 aromatic carbocycles. The number of anilines is 12. The first-order valence-corrected chi connectivity index (χ1v) is 24.6. The standard InChI is InChI=1S/C68H54N4/c1-51-27-35-59(36-28-51)69(55-17-7-3-8-18-55)63-43-47-65(48-44-63)71(57-21-11-5-12-22-57)61-39-31-53(32-40-61)67-25-15-16-26-68(67)54-33-41-62(42-34-54)72(58-23-13-6-14-24-58)66-49-45-64(46-50-66)70(56-19-9-4-10-20-56)60-37-29-52(2)30-38-60/h3-50H,1-2H3. The van der Waals surface area contributed by atoms with Gasteiger partial charge in [0.1, 0.15) is 0 Å². The number of hydrogen-bond donors (Lipinski definition) is 0. The van der Waals surface area contributed by atoms with Crippen LogP contribution in [0, 0.1) is 13.8 Å². The van der Waals surface area contributed by atoms with Crippen LogP contribution in [0.4, 0.5) is 68.2 Å². The van der Waals surface area contributed by atoms with Crippen molar-refractivity contribution in [2.75, 3.05) is 19.6 Å². The molecule has 72 heavy (non-hydrogen) atoms. The largest absolute Gasteiger partial charge is 0.311 e. The maximum atomic E-state index is 2.33. The molecular weight excluding hydrogens is 873 g/mol. The molecule has 4 nitrogen and oxygen atoms in total. The van der Waals surface area contributed by atoms with Gasteiger partial charge in [0, 0.05) is 68.2 Å². The SMILES string of the molecule is Cc1ccc(N(c2ccccc2)c2ccc(N(c3ccccc3)c3ccc(-c4ccccc4-c4ccc(N(c5ccccc5)c5ccc(N(c6ccccc6)c6ccc(C)cc6)cc5)cc4)cc3)cc2)cc1. The van der Waals surface area contributed by atoms with E-state index in [2.05, 4.69) is 325 Å². The minimum atomic E-state index is 1.08. The van der Waals surface area contributed by atoms with E-state index in [1.165, 1.54) is 22.3 Å². The van der Waals surface area contributed by atoms with Crippen molar-refractivity contribution in [2.45, 2.75) is 13.8 Å². The molecule has 0 saturated carbocycles. The van der Waals surface area contributed by atoms with E-state index in [4.69, 9.17) is 0 Å². The second kappa shape index (κ2) is 20.7. The fraction of sp³-hybridized carbons (Fsp3) is 0.0294. The molecule has 0 aliphatic rings. The first kappa shape index (κ1) is 45.1.